The Morgan fingerprint density at radius 3 is 2.28 bits per heavy atom. The summed E-state index contributed by atoms with van der Waals surface area (Å²) in [4.78, 5) is 0. The van der Waals surface area contributed by atoms with E-state index >= 15 is 0 Å². The molecule has 172 valence electrons. The van der Waals surface area contributed by atoms with Crippen molar-refractivity contribution < 1.29 is 0 Å². The minimum absolute atomic E-state index is 0.486. The van der Waals surface area contributed by atoms with E-state index in [0.29, 0.717) is 5.41 Å². The fraction of sp³-hybridized carbons (Fsp3) is 0.929. The number of nitrogens with one attached hydrogen (secondary N) is 1. The molecule has 0 heterocycles. The molecule has 0 aromatic carbocycles. The summed E-state index contributed by atoms with van der Waals surface area (Å²) in [6, 6.07) is 0. The smallest absolute Gasteiger partial charge is 0.0148 e. The fourth-order valence-corrected chi connectivity index (χ4v) is 5.92. The van der Waals surface area contributed by atoms with E-state index in [1.54, 1.807) is 0 Å². The third-order valence-corrected chi connectivity index (χ3v) is 8.42. The van der Waals surface area contributed by atoms with Crippen molar-refractivity contribution in [3.63, 3.8) is 0 Å². The maximum atomic E-state index is 4.40. The highest BCUT2D eigenvalue weighted by atomic mass is 14.9. The van der Waals surface area contributed by atoms with Crippen molar-refractivity contribution in [3.05, 3.63) is 12.3 Å². The van der Waals surface area contributed by atoms with Crippen LogP contribution in [0.4, 0.5) is 0 Å². The Bertz CT molecular complexity index is 447. The van der Waals surface area contributed by atoms with Crippen molar-refractivity contribution in [1.29, 1.82) is 0 Å². The predicted octanol–water partition coefficient (Wildman–Crippen LogP) is 8.85. The Morgan fingerprint density at radius 1 is 1.07 bits per heavy atom. The standard InChI is InChI=1S/C28H55N/c1-10-26(18-22(6)17-21(4)5)27-20-25(14-13-23(27)7)19-24(8)29-16-15-28(9,11-2)12-3/h21-23,25-27,29H,8,10-20H2,1-7,9H3/t22-,23?,25?,26?,27+/m0/s1. The third kappa shape index (κ3) is 9.48. The van der Waals surface area contributed by atoms with Gasteiger partial charge >= 0.3 is 0 Å². The lowest BCUT2D eigenvalue weighted by Gasteiger charge is -2.40. The minimum Gasteiger partial charge on any atom is -0.389 e. The van der Waals surface area contributed by atoms with Crippen LogP contribution in [0, 0.1) is 40.9 Å². The third-order valence-electron chi connectivity index (χ3n) is 8.42. The van der Waals surface area contributed by atoms with E-state index in [0.717, 1.165) is 42.1 Å². The molecule has 1 saturated carbocycles. The summed E-state index contributed by atoms with van der Waals surface area (Å²) in [6.07, 6.45) is 13.4. The largest absolute Gasteiger partial charge is 0.389 e. The average Bonchev–Trinajstić information content (AvgIpc) is 2.67. The second-order valence-electron chi connectivity index (χ2n) is 11.5. The number of allylic oxidation sites excluding steroid dienone is 1. The summed E-state index contributed by atoms with van der Waals surface area (Å²) in [5.74, 6) is 5.28. The van der Waals surface area contributed by atoms with Crippen molar-refractivity contribution in [2.45, 2.75) is 120 Å². The summed E-state index contributed by atoms with van der Waals surface area (Å²) >= 11 is 0. The molecule has 3 unspecified atom stereocenters. The molecular formula is C28H55N. The molecular weight excluding hydrogens is 350 g/mol. The monoisotopic (exact) mass is 405 g/mol. The van der Waals surface area contributed by atoms with Gasteiger partial charge in [0.05, 0.1) is 0 Å². The SMILES string of the molecule is C=C(CC1CCC(C)[C@H](C(CC)C[C@@H](C)CC(C)C)C1)NCCC(C)(CC)CC. The second kappa shape index (κ2) is 13.1. The quantitative estimate of drug-likeness (QED) is 0.304. The van der Waals surface area contributed by atoms with Gasteiger partial charge in [-0.25, -0.2) is 0 Å². The van der Waals surface area contributed by atoms with Gasteiger partial charge in [0, 0.05) is 12.2 Å². The molecule has 0 saturated heterocycles. The molecule has 1 aliphatic rings. The Labute approximate surface area is 184 Å². The Morgan fingerprint density at radius 2 is 1.72 bits per heavy atom. The second-order valence-corrected chi connectivity index (χ2v) is 11.5. The molecule has 1 nitrogen and oxygen atoms in total. The number of hydrogen-bond donors (Lipinski definition) is 1. The van der Waals surface area contributed by atoms with Gasteiger partial charge in [-0.05, 0) is 79.4 Å². The summed E-state index contributed by atoms with van der Waals surface area (Å²) in [5.41, 5.74) is 1.78. The van der Waals surface area contributed by atoms with Gasteiger partial charge in [0.25, 0.3) is 0 Å². The van der Waals surface area contributed by atoms with E-state index in [1.807, 2.05) is 0 Å². The van der Waals surface area contributed by atoms with E-state index in [2.05, 4.69) is 67.3 Å². The number of hydrogen-bond acceptors (Lipinski definition) is 1. The summed E-state index contributed by atoms with van der Waals surface area (Å²) < 4.78 is 0. The molecule has 0 spiro atoms. The zero-order valence-electron chi connectivity index (χ0n) is 21.4. The van der Waals surface area contributed by atoms with E-state index in [-0.39, 0.29) is 0 Å². The summed E-state index contributed by atoms with van der Waals surface area (Å²) in [5, 5.41) is 3.68. The molecule has 0 radical (unpaired) electrons. The number of rotatable bonds is 14. The zero-order valence-corrected chi connectivity index (χ0v) is 21.4. The van der Waals surface area contributed by atoms with Gasteiger partial charge in [-0.1, -0.05) is 87.7 Å². The van der Waals surface area contributed by atoms with Gasteiger partial charge in [0.15, 0.2) is 0 Å². The minimum atomic E-state index is 0.486. The van der Waals surface area contributed by atoms with E-state index in [9.17, 15) is 0 Å². The van der Waals surface area contributed by atoms with Crippen LogP contribution < -0.4 is 5.32 Å². The van der Waals surface area contributed by atoms with E-state index in [4.69, 9.17) is 0 Å². The van der Waals surface area contributed by atoms with Crippen LogP contribution in [0.3, 0.4) is 0 Å². The molecule has 29 heavy (non-hydrogen) atoms. The first kappa shape index (κ1) is 26.6. The first-order chi connectivity index (χ1) is 13.6. The van der Waals surface area contributed by atoms with Crippen LogP contribution in [-0.4, -0.2) is 6.54 Å². The van der Waals surface area contributed by atoms with Crippen LogP contribution in [0.5, 0.6) is 0 Å². The van der Waals surface area contributed by atoms with E-state index < -0.39 is 0 Å². The van der Waals surface area contributed by atoms with Crippen LogP contribution in [0.1, 0.15) is 120 Å². The van der Waals surface area contributed by atoms with Gasteiger partial charge in [0.1, 0.15) is 0 Å². The van der Waals surface area contributed by atoms with Gasteiger partial charge in [-0.15, -0.1) is 0 Å². The van der Waals surface area contributed by atoms with Crippen LogP contribution in [-0.2, 0) is 0 Å². The van der Waals surface area contributed by atoms with Crippen molar-refractivity contribution in [1.82, 2.24) is 5.32 Å². The van der Waals surface area contributed by atoms with Crippen molar-refractivity contribution in [2.24, 2.45) is 40.9 Å². The summed E-state index contributed by atoms with van der Waals surface area (Å²) in [7, 11) is 0. The first-order valence-corrected chi connectivity index (χ1v) is 13.1. The van der Waals surface area contributed by atoms with Gasteiger partial charge < -0.3 is 5.32 Å². The average molecular weight is 406 g/mol. The Kier molecular flexibility index (Phi) is 12.0. The molecule has 0 aromatic rings. The summed E-state index contributed by atoms with van der Waals surface area (Å²) in [6.45, 7) is 24.8. The predicted molar refractivity (Wildman–Crippen MR) is 132 cm³/mol. The molecule has 1 fully saturated rings. The maximum Gasteiger partial charge on any atom is 0.0148 e. The van der Waals surface area contributed by atoms with Crippen LogP contribution >= 0.6 is 0 Å². The molecule has 0 amide bonds. The topological polar surface area (TPSA) is 12.0 Å². The molecule has 5 atom stereocenters. The lowest BCUT2D eigenvalue weighted by atomic mass is 9.66. The van der Waals surface area contributed by atoms with Gasteiger partial charge in [-0.3, -0.25) is 0 Å². The Hall–Kier alpha value is -0.460. The maximum absolute atomic E-state index is 4.40. The lowest BCUT2D eigenvalue weighted by Crippen LogP contribution is -2.31. The highest BCUT2D eigenvalue weighted by molar-refractivity contribution is 4.96. The molecule has 1 rings (SSSR count). The highest BCUT2D eigenvalue weighted by Gasteiger charge is 2.33. The van der Waals surface area contributed by atoms with Crippen molar-refractivity contribution >= 4 is 0 Å². The van der Waals surface area contributed by atoms with Crippen LogP contribution in [0.25, 0.3) is 0 Å². The Balaban J connectivity index is 2.53. The molecule has 1 aliphatic carbocycles. The van der Waals surface area contributed by atoms with Crippen LogP contribution in [0.2, 0.25) is 0 Å². The fourth-order valence-electron chi connectivity index (χ4n) is 5.92. The van der Waals surface area contributed by atoms with Gasteiger partial charge in [0.2, 0.25) is 0 Å². The molecule has 0 aromatic heterocycles. The lowest BCUT2D eigenvalue weighted by molar-refractivity contribution is 0.109. The molecule has 0 bridgehead atoms. The highest BCUT2D eigenvalue weighted by Crippen LogP contribution is 2.43. The van der Waals surface area contributed by atoms with Crippen molar-refractivity contribution in [3.8, 4) is 0 Å². The molecule has 1 heteroatoms. The zero-order chi connectivity index (χ0) is 22.0. The van der Waals surface area contributed by atoms with E-state index in [1.165, 1.54) is 69.9 Å². The molecule has 0 aliphatic heterocycles. The first-order valence-electron chi connectivity index (χ1n) is 13.1. The van der Waals surface area contributed by atoms with Gasteiger partial charge in [-0.2, -0.15) is 0 Å². The normalized spacial score (nSPS) is 25.1. The molecule has 1 N–H and O–H groups in total. The van der Waals surface area contributed by atoms with Crippen LogP contribution in [0.15, 0.2) is 12.3 Å². The van der Waals surface area contributed by atoms with Crippen molar-refractivity contribution in [2.75, 3.05) is 6.54 Å².